The SMILES string of the molecule is CC(C)C(=O)N1CCN(C(=O)c2cccs2)CC1. The van der Waals surface area contributed by atoms with Crippen molar-refractivity contribution in [2.24, 2.45) is 5.92 Å². The number of carbonyl (C=O) groups excluding carboxylic acids is 2. The molecule has 2 rings (SSSR count). The summed E-state index contributed by atoms with van der Waals surface area (Å²) in [5.74, 6) is 0.296. The van der Waals surface area contributed by atoms with Crippen molar-refractivity contribution in [3.05, 3.63) is 22.4 Å². The Labute approximate surface area is 111 Å². The van der Waals surface area contributed by atoms with Gasteiger partial charge in [-0.2, -0.15) is 0 Å². The first-order valence-electron chi connectivity index (χ1n) is 6.21. The van der Waals surface area contributed by atoms with E-state index in [1.807, 2.05) is 41.2 Å². The monoisotopic (exact) mass is 266 g/mol. The molecule has 1 saturated heterocycles. The zero-order chi connectivity index (χ0) is 13.1. The van der Waals surface area contributed by atoms with Gasteiger partial charge >= 0.3 is 0 Å². The Bertz CT molecular complexity index is 420. The Morgan fingerprint density at radius 2 is 1.78 bits per heavy atom. The Hall–Kier alpha value is -1.36. The van der Waals surface area contributed by atoms with Crippen molar-refractivity contribution in [2.45, 2.75) is 13.8 Å². The fourth-order valence-corrected chi connectivity index (χ4v) is 2.74. The van der Waals surface area contributed by atoms with Crippen LogP contribution in [-0.4, -0.2) is 47.8 Å². The minimum absolute atomic E-state index is 0.0320. The molecule has 0 aliphatic carbocycles. The summed E-state index contributed by atoms with van der Waals surface area (Å²) >= 11 is 1.46. The molecule has 2 amide bonds. The first-order valence-corrected chi connectivity index (χ1v) is 7.09. The van der Waals surface area contributed by atoms with Crippen LogP contribution in [0.3, 0.4) is 0 Å². The first kappa shape index (κ1) is 13.1. The van der Waals surface area contributed by atoms with Gasteiger partial charge < -0.3 is 9.80 Å². The summed E-state index contributed by atoms with van der Waals surface area (Å²) in [5.41, 5.74) is 0. The van der Waals surface area contributed by atoms with Crippen LogP contribution in [0.25, 0.3) is 0 Å². The highest BCUT2D eigenvalue weighted by Crippen LogP contribution is 2.14. The van der Waals surface area contributed by atoms with Crippen LogP contribution in [0.1, 0.15) is 23.5 Å². The van der Waals surface area contributed by atoms with Gasteiger partial charge in [-0.25, -0.2) is 0 Å². The van der Waals surface area contributed by atoms with Crippen LogP contribution in [0.4, 0.5) is 0 Å². The fourth-order valence-electron chi connectivity index (χ4n) is 2.05. The minimum Gasteiger partial charge on any atom is -0.339 e. The average Bonchev–Trinajstić information content (AvgIpc) is 2.91. The van der Waals surface area contributed by atoms with Gasteiger partial charge in [0.05, 0.1) is 4.88 Å². The van der Waals surface area contributed by atoms with Crippen LogP contribution in [0.15, 0.2) is 17.5 Å². The molecule has 1 fully saturated rings. The van der Waals surface area contributed by atoms with Gasteiger partial charge in [-0.1, -0.05) is 19.9 Å². The first-order chi connectivity index (χ1) is 8.59. The highest BCUT2D eigenvalue weighted by molar-refractivity contribution is 7.12. The summed E-state index contributed by atoms with van der Waals surface area (Å²) in [6.07, 6.45) is 0. The maximum Gasteiger partial charge on any atom is 0.264 e. The van der Waals surface area contributed by atoms with Gasteiger partial charge in [0.1, 0.15) is 0 Å². The molecule has 5 heteroatoms. The Morgan fingerprint density at radius 3 is 2.28 bits per heavy atom. The number of thiophene rings is 1. The Morgan fingerprint density at radius 1 is 1.17 bits per heavy atom. The van der Waals surface area contributed by atoms with E-state index in [0.29, 0.717) is 26.2 Å². The lowest BCUT2D eigenvalue weighted by Gasteiger charge is -2.35. The third-order valence-electron chi connectivity index (χ3n) is 3.10. The maximum atomic E-state index is 12.1. The van der Waals surface area contributed by atoms with Crippen molar-refractivity contribution in [1.29, 1.82) is 0 Å². The van der Waals surface area contributed by atoms with Gasteiger partial charge in [-0.05, 0) is 11.4 Å². The van der Waals surface area contributed by atoms with Crippen molar-refractivity contribution in [1.82, 2.24) is 9.80 Å². The van der Waals surface area contributed by atoms with E-state index in [1.54, 1.807) is 0 Å². The van der Waals surface area contributed by atoms with E-state index in [4.69, 9.17) is 0 Å². The van der Waals surface area contributed by atoms with E-state index >= 15 is 0 Å². The average molecular weight is 266 g/mol. The van der Waals surface area contributed by atoms with Crippen LogP contribution < -0.4 is 0 Å². The Balaban J connectivity index is 1.91. The number of nitrogens with zero attached hydrogens (tertiary/aromatic N) is 2. The van der Waals surface area contributed by atoms with E-state index in [2.05, 4.69) is 0 Å². The van der Waals surface area contributed by atoms with Gasteiger partial charge in [-0.3, -0.25) is 9.59 Å². The molecule has 18 heavy (non-hydrogen) atoms. The summed E-state index contributed by atoms with van der Waals surface area (Å²) in [5, 5.41) is 1.91. The second-order valence-electron chi connectivity index (χ2n) is 4.75. The number of carbonyl (C=O) groups is 2. The molecule has 0 unspecified atom stereocenters. The minimum atomic E-state index is 0.0320. The predicted octanol–water partition coefficient (Wildman–Crippen LogP) is 1.69. The smallest absolute Gasteiger partial charge is 0.264 e. The molecule has 0 radical (unpaired) electrons. The normalized spacial score (nSPS) is 16.2. The third kappa shape index (κ3) is 2.72. The second kappa shape index (κ2) is 5.52. The van der Waals surface area contributed by atoms with Crippen LogP contribution in [0.2, 0.25) is 0 Å². The second-order valence-corrected chi connectivity index (χ2v) is 5.70. The lowest BCUT2D eigenvalue weighted by atomic mass is 10.1. The molecule has 2 heterocycles. The van der Waals surface area contributed by atoms with E-state index in [0.717, 1.165) is 4.88 Å². The Kier molecular flexibility index (Phi) is 4.01. The van der Waals surface area contributed by atoms with Gasteiger partial charge in [0.25, 0.3) is 5.91 Å². The fraction of sp³-hybridized carbons (Fsp3) is 0.538. The highest BCUT2D eigenvalue weighted by Gasteiger charge is 2.26. The summed E-state index contributed by atoms with van der Waals surface area (Å²) in [4.78, 5) is 28.4. The van der Waals surface area contributed by atoms with Gasteiger partial charge in [-0.15, -0.1) is 11.3 Å². The van der Waals surface area contributed by atoms with Gasteiger partial charge in [0.2, 0.25) is 5.91 Å². The van der Waals surface area contributed by atoms with Gasteiger partial charge in [0, 0.05) is 32.1 Å². The lowest BCUT2D eigenvalue weighted by molar-refractivity contribution is -0.135. The van der Waals surface area contributed by atoms with Crippen LogP contribution >= 0.6 is 11.3 Å². The molecule has 1 aliphatic heterocycles. The number of piperazine rings is 1. The zero-order valence-electron chi connectivity index (χ0n) is 10.8. The standard InChI is InChI=1S/C13H18N2O2S/c1-10(2)12(16)14-5-7-15(8-6-14)13(17)11-4-3-9-18-11/h3-4,9-10H,5-8H2,1-2H3. The number of hydrogen-bond acceptors (Lipinski definition) is 3. The number of hydrogen-bond donors (Lipinski definition) is 0. The van der Waals surface area contributed by atoms with Crippen LogP contribution in [0, 0.1) is 5.92 Å². The molecule has 1 aliphatic rings. The van der Waals surface area contributed by atoms with Crippen molar-refractivity contribution in [3.8, 4) is 0 Å². The number of rotatable bonds is 2. The molecular formula is C13H18N2O2S. The topological polar surface area (TPSA) is 40.6 Å². The largest absolute Gasteiger partial charge is 0.339 e. The molecule has 4 nitrogen and oxygen atoms in total. The van der Waals surface area contributed by atoms with E-state index in [9.17, 15) is 9.59 Å². The van der Waals surface area contributed by atoms with Crippen molar-refractivity contribution >= 4 is 23.2 Å². The molecule has 1 aromatic rings. The maximum absolute atomic E-state index is 12.1. The van der Waals surface area contributed by atoms with E-state index in [1.165, 1.54) is 11.3 Å². The zero-order valence-corrected chi connectivity index (χ0v) is 11.6. The molecule has 0 N–H and O–H groups in total. The van der Waals surface area contributed by atoms with Gasteiger partial charge in [0.15, 0.2) is 0 Å². The summed E-state index contributed by atoms with van der Waals surface area (Å²) in [6, 6.07) is 3.73. The highest BCUT2D eigenvalue weighted by atomic mass is 32.1. The summed E-state index contributed by atoms with van der Waals surface area (Å²) in [7, 11) is 0. The molecule has 0 saturated carbocycles. The van der Waals surface area contributed by atoms with E-state index in [-0.39, 0.29) is 17.7 Å². The lowest BCUT2D eigenvalue weighted by Crippen LogP contribution is -2.51. The van der Waals surface area contributed by atoms with Crippen molar-refractivity contribution in [3.63, 3.8) is 0 Å². The molecule has 0 atom stereocenters. The molecule has 1 aromatic heterocycles. The molecular weight excluding hydrogens is 248 g/mol. The number of amides is 2. The van der Waals surface area contributed by atoms with Crippen molar-refractivity contribution in [2.75, 3.05) is 26.2 Å². The molecule has 98 valence electrons. The quantitative estimate of drug-likeness (QED) is 0.817. The molecule has 0 spiro atoms. The predicted molar refractivity (Wildman–Crippen MR) is 71.6 cm³/mol. The van der Waals surface area contributed by atoms with Crippen molar-refractivity contribution < 1.29 is 9.59 Å². The molecule has 0 aromatic carbocycles. The summed E-state index contributed by atoms with van der Waals surface area (Å²) in [6.45, 7) is 6.38. The summed E-state index contributed by atoms with van der Waals surface area (Å²) < 4.78 is 0. The third-order valence-corrected chi connectivity index (χ3v) is 3.96. The molecule has 0 bridgehead atoms. The van der Waals surface area contributed by atoms with Crippen LogP contribution in [0.5, 0.6) is 0 Å². The van der Waals surface area contributed by atoms with E-state index < -0.39 is 0 Å². The van der Waals surface area contributed by atoms with Crippen LogP contribution in [-0.2, 0) is 4.79 Å².